The first kappa shape index (κ1) is 12.0. The molecule has 2 aromatic heterocycles. The van der Waals surface area contributed by atoms with E-state index in [1.54, 1.807) is 23.9 Å². The Labute approximate surface area is 110 Å². The molecule has 0 spiro atoms. The Kier molecular flexibility index (Phi) is 2.85. The van der Waals surface area contributed by atoms with Gasteiger partial charge < -0.3 is 9.15 Å². The van der Waals surface area contributed by atoms with Crippen LogP contribution in [0.4, 0.5) is 0 Å². The Bertz CT molecular complexity index is 610. The van der Waals surface area contributed by atoms with Crippen LogP contribution in [0.15, 0.2) is 16.7 Å². The molecule has 0 aromatic carbocycles. The average molecular weight is 261 g/mol. The minimum absolute atomic E-state index is 0.227. The fourth-order valence-electron chi connectivity index (χ4n) is 1.95. The number of nitrogens with zero attached hydrogens (tertiary/aromatic N) is 3. The average Bonchev–Trinajstić information content (AvgIpc) is 2.98. The van der Waals surface area contributed by atoms with Crippen molar-refractivity contribution in [3.8, 4) is 11.6 Å². The van der Waals surface area contributed by atoms with Crippen molar-refractivity contribution in [2.24, 2.45) is 7.05 Å². The number of hydrogen-bond acceptors (Lipinski definition) is 5. The van der Waals surface area contributed by atoms with Gasteiger partial charge in [-0.3, -0.25) is 4.68 Å². The molecule has 1 saturated carbocycles. The first-order valence-electron chi connectivity index (χ1n) is 6.37. The van der Waals surface area contributed by atoms with Crippen LogP contribution < -0.4 is 0 Å². The predicted octanol–water partition coefficient (Wildman–Crippen LogP) is 2.13. The standard InChI is InChI=1S/C13H15N3O3/c1-3-18-13(17)11-10(8-4-5-8)14-12(19-11)9-6-7-16(2)15-9/h6-8H,3-5H2,1-2H3. The molecular formula is C13H15N3O3. The van der Waals surface area contributed by atoms with Crippen LogP contribution in [0, 0.1) is 0 Å². The van der Waals surface area contributed by atoms with Gasteiger partial charge in [0.1, 0.15) is 5.69 Å². The minimum atomic E-state index is -0.445. The molecular weight excluding hydrogens is 246 g/mol. The molecule has 0 saturated heterocycles. The van der Waals surface area contributed by atoms with E-state index in [4.69, 9.17) is 9.15 Å². The van der Waals surface area contributed by atoms with Crippen LogP contribution in [-0.2, 0) is 11.8 Å². The van der Waals surface area contributed by atoms with E-state index in [1.165, 1.54) is 0 Å². The Morgan fingerprint density at radius 1 is 1.58 bits per heavy atom. The summed E-state index contributed by atoms with van der Waals surface area (Å²) < 4.78 is 12.2. The predicted molar refractivity (Wildman–Crippen MR) is 66.6 cm³/mol. The summed E-state index contributed by atoms with van der Waals surface area (Å²) in [4.78, 5) is 16.3. The molecule has 2 aromatic rings. The maximum atomic E-state index is 11.9. The molecule has 3 rings (SSSR count). The van der Waals surface area contributed by atoms with E-state index in [0.29, 0.717) is 29.8 Å². The summed E-state index contributed by atoms with van der Waals surface area (Å²) >= 11 is 0. The van der Waals surface area contributed by atoms with Crippen molar-refractivity contribution in [1.82, 2.24) is 14.8 Å². The van der Waals surface area contributed by atoms with Crippen molar-refractivity contribution in [2.45, 2.75) is 25.7 Å². The molecule has 1 aliphatic carbocycles. The minimum Gasteiger partial charge on any atom is -0.460 e. The van der Waals surface area contributed by atoms with Gasteiger partial charge in [0.2, 0.25) is 11.7 Å². The van der Waals surface area contributed by atoms with E-state index >= 15 is 0 Å². The number of rotatable bonds is 4. The zero-order valence-electron chi connectivity index (χ0n) is 10.9. The maximum absolute atomic E-state index is 11.9. The van der Waals surface area contributed by atoms with Gasteiger partial charge in [0.25, 0.3) is 0 Å². The molecule has 6 heteroatoms. The van der Waals surface area contributed by atoms with E-state index < -0.39 is 5.97 Å². The zero-order valence-corrected chi connectivity index (χ0v) is 10.9. The highest BCUT2D eigenvalue weighted by molar-refractivity contribution is 5.88. The first-order valence-corrected chi connectivity index (χ1v) is 6.37. The summed E-state index contributed by atoms with van der Waals surface area (Å²) in [6.45, 7) is 2.09. The summed E-state index contributed by atoms with van der Waals surface area (Å²) in [7, 11) is 1.82. The Balaban J connectivity index is 1.98. The van der Waals surface area contributed by atoms with E-state index in [-0.39, 0.29) is 5.76 Å². The number of hydrogen-bond donors (Lipinski definition) is 0. The van der Waals surface area contributed by atoms with E-state index in [9.17, 15) is 4.79 Å². The molecule has 0 radical (unpaired) electrons. The topological polar surface area (TPSA) is 70.2 Å². The van der Waals surface area contributed by atoms with Crippen LogP contribution in [-0.4, -0.2) is 27.3 Å². The van der Waals surface area contributed by atoms with E-state index in [0.717, 1.165) is 12.8 Å². The second kappa shape index (κ2) is 4.53. The molecule has 0 N–H and O–H groups in total. The van der Waals surface area contributed by atoms with Crippen molar-refractivity contribution >= 4 is 5.97 Å². The second-order valence-electron chi connectivity index (χ2n) is 4.60. The summed E-state index contributed by atoms with van der Waals surface area (Å²) in [5.74, 6) is 0.482. The smallest absolute Gasteiger partial charge is 0.376 e. The number of esters is 1. The highest BCUT2D eigenvalue weighted by Gasteiger charge is 2.34. The van der Waals surface area contributed by atoms with E-state index in [2.05, 4.69) is 10.1 Å². The normalized spacial score (nSPS) is 14.6. The number of ether oxygens (including phenoxy) is 1. The van der Waals surface area contributed by atoms with Gasteiger partial charge in [0.15, 0.2) is 0 Å². The molecule has 0 bridgehead atoms. The summed E-state index contributed by atoms with van der Waals surface area (Å²) in [5, 5.41) is 4.23. The Morgan fingerprint density at radius 2 is 2.37 bits per heavy atom. The van der Waals surface area contributed by atoms with Crippen molar-refractivity contribution in [3.05, 3.63) is 23.7 Å². The third kappa shape index (κ3) is 2.25. The van der Waals surface area contributed by atoms with Crippen LogP contribution >= 0.6 is 0 Å². The van der Waals surface area contributed by atoms with Crippen LogP contribution in [0.2, 0.25) is 0 Å². The van der Waals surface area contributed by atoms with Crippen LogP contribution in [0.25, 0.3) is 11.6 Å². The van der Waals surface area contributed by atoms with Gasteiger partial charge in [-0.2, -0.15) is 5.10 Å². The lowest BCUT2D eigenvalue weighted by atomic mass is 10.2. The van der Waals surface area contributed by atoms with Crippen LogP contribution in [0.1, 0.15) is 41.9 Å². The lowest BCUT2D eigenvalue weighted by Gasteiger charge is -1.98. The molecule has 1 fully saturated rings. The number of oxazole rings is 1. The zero-order chi connectivity index (χ0) is 13.4. The van der Waals surface area contributed by atoms with Crippen LogP contribution in [0.3, 0.4) is 0 Å². The monoisotopic (exact) mass is 261 g/mol. The molecule has 1 aliphatic rings. The number of aromatic nitrogens is 3. The molecule has 0 atom stereocenters. The van der Waals surface area contributed by atoms with Crippen molar-refractivity contribution in [1.29, 1.82) is 0 Å². The number of aryl methyl sites for hydroxylation is 1. The first-order chi connectivity index (χ1) is 9.19. The Morgan fingerprint density at radius 3 is 2.95 bits per heavy atom. The lowest BCUT2D eigenvalue weighted by molar-refractivity contribution is 0.0489. The number of carbonyl (C=O) groups excluding carboxylic acids is 1. The quantitative estimate of drug-likeness (QED) is 0.788. The molecule has 6 nitrogen and oxygen atoms in total. The molecule has 0 unspecified atom stereocenters. The van der Waals surface area contributed by atoms with E-state index in [1.807, 2.05) is 7.05 Å². The van der Waals surface area contributed by atoms with Crippen molar-refractivity contribution in [2.75, 3.05) is 6.61 Å². The van der Waals surface area contributed by atoms with Gasteiger partial charge in [-0.05, 0) is 25.8 Å². The van der Waals surface area contributed by atoms with Gasteiger partial charge in [-0.15, -0.1) is 0 Å². The SMILES string of the molecule is CCOC(=O)c1oc(-c2ccn(C)n2)nc1C1CC1. The van der Waals surface area contributed by atoms with Crippen LogP contribution in [0.5, 0.6) is 0 Å². The third-order valence-electron chi connectivity index (χ3n) is 3.01. The largest absolute Gasteiger partial charge is 0.460 e. The van der Waals surface area contributed by atoms with Gasteiger partial charge in [0.05, 0.1) is 12.3 Å². The van der Waals surface area contributed by atoms with Gasteiger partial charge in [-0.1, -0.05) is 0 Å². The van der Waals surface area contributed by atoms with Gasteiger partial charge >= 0.3 is 5.97 Å². The lowest BCUT2D eigenvalue weighted by Crippen LogP contribution is -2.05. The van der Waals surface area contributed by atoms with Gasteiger partial charge in [0, 0.05) is 19.2 Å². The van der Waals surface area contributed by atoms with Crippen molar-refractivity contribution in [3.63, 3.8) is 0 Å². The highest BCUT2D eigenvalue weighted by Crippen LogP contribution is 2.42. The fraction of sp³-hybridized carbons (Fsp3) is 0.462. The summed E-state index contributed by atoms with van der Waals surface area (Å²) in [6, 6.07) is 1.80. The molecule has 100 valence electrons. The maximum Gasteiger partial charge on any atom is 0.376 e. The molecule has 2 heterocycles. The number of carbonyl (C=O) groups is 1. The molecule has 0 aliphatic heterocycles. The highest BCUT2D eigenvalue weighted by atomic mass is 16.5. The molecule has 0 amide bonds. The fourth-order valence-corrected chi connectivity index (χ4v) is 1.95. The molecule has 19 heavy (non-hydrogen) atoms. The summed E-state index contributed by atoms with van der Waals surface area (Å²) in [6.07, 6.45) is 3.89. The Hall–Kier alpha value is -2.11. The van der Waals surface area contributed by atoms with Crippen molar-refractivity contribution < 1.29 is 13.9 Å². The second-order valence-corrected chi connectivity index (χ2v) is 4.60. The summed E-state index contributed by atoms with van der Waals surface area (Å²) in [5.41, 5.74) is 1.33. The van der Waals surface area contributed by atoms with Gasteiger partial charge in [-0.25, -0.2) is 9.78 Å². The third-order valence-corrected chi connectivity index (χ3v) is 3.01.